The largest absolute Gasteiger partial charge is 0.339 e. The standard InChI is InChI=1S/C13H18N6O/c1-2-11(6-19-9-14-8-15-19)18(5-1)7-12-16-13(20-17-12)10-3-4-10/h8-11H,1-7H2/t11-/m0/s1. The molecule has 7 nitrogen and oxygen atoms in total. The van der Waals surface area contributed by atoms with E-state index >= 15 is 0 Å². The summed E-state index contributed by atoms with van der Waals surface area (Å²) in [6.45, 7) is 2.75. The molecule has 0 radical (unpaired) electrons. The minimum absolute atomic E-state index is 0.486. The Morgan fingerprint density at radius 1 is 1.30 bits per heavy atom. The van der Waals surface area contributed by atoms with Crippen LogP contribution in [0.15, 0.2) is 17.2 Å². The van der Waals surface area contributed by atoms with Gasteiger partial charge in [0, 0.05) is 12.0 Å². The van der Waals surface area contributed by atoms with E-state index in [1.54, 1.807) is 12.7 Å². The first-order valence-corrected chi connectivity index (χ1v) is 7.27. The van der Waals surface area contributed by atoms with Crippen molar-refractivity contribution in [3.8, 4) is 0 Å². The van der Waals surface area contributed by atoms with Crippen molar-refractivity contribution in [1.29, 1.82) is 0 Å². The predicted molar refractivity (Wildman–Crippen MR) is 69.7 cm³/mol. The molecule has 1 aliphatic carbocycles. The van der Waals surface area contributed by atoms with E-state index in [2.05, 4.69) is 25.1 Å². The average Bonchev–Trinajstić information content (AvgIpc) is 2.88. The zero-order valence-corrected chi connectivity index (χ0v) is 11.4. The van der Waals surface area contributed by atoms with Crippen LogP contribution in [0.4, 0.5) is 0 Å². The summed E-state index contributed by atoms with van der Waals surface area (Å²) < 4.78 is 7.22. The Morgan fingerprint density at radius 2 is 2.25 bits per heavy atom. The van der Waals surface area contributed by atoms with E-state index in [-0.39, 0.29) is 0 Å². The molecule has 1 saturated heterocycles. The van der Waals surface area contributed by atoms with Crippen LogP contribution in [-0.2, 0) is 13.1 Å². The first-order chi connectivity index (χ1) is 9.88. The van der Waals surface area contributed by atoms with Crippen molar-refractivity contribution in [1.82, 2.24) is 29.8 Å². The highest BCUT2D eigenvalue weighted by molar-refractivity contribution is 5.02. The first-order valence-electron chi connectivity index (χ1n) is 7.27. The molecule has 20 heavy (non-hydrogen) atoms. The van der Waals surface area contributed by atoms with Gasteiger partial charge in [0.15, 0.2) is 5.82 Å². The quantitative estimate of drug-likeness (QED) is 0.815. The average molecular weight is 274 g/mol. The predicted octanol–water partition coefficient (Wildman–Crippen LogP) is 1.20. The van der Waals surface area contributed by atoms with Crippen molar-refractivity contribution in [2.24, 2.45) is 0 Å². The molecule has 2 aliphatic rings. The van der Waals surface area contributed by atoms with Crippen LogP contribution in [0.1, 0.15) is 43.3 Å². The van der Waals surface area contributed by atoms with E-state index in [0.717, 1.165) is 31.3 Å². The molecular weight excluding hydrogens is 256 g/mol. The lowest BCUT2D eigenvalue weighted by atomic mass is 10.2. The van der Waals surface area contributed by atoms with Gasteiger partial charge in [-0.25, -0.2) is 4.98 Å². The topological polar surface area (TPSA) is 72.9 Å². The second-order valence-corrected chi connectivity index (χ2v) is 5.71. The van der Waals surface area contributed by atoms with Gasteiger partial charge in [0.25, 0.3) is 0 Å². The zero-order valence-electron chi connectivity index (χ0n) is 11.4. The summed E-state index contributed by atoms with van der Waals surface area (Å²) in [6, 6.07) is 0.486. The Balaban J connectivity index is 1.40. The normalized spacial score (nSPS) is 23.5. The Bertz CT molecular complexity index is 561. The molecule has 7 heteroatoms. The maximum Gasteiger partial charge on any atom is 0.229 e. The molecular formula is C13H18N6O. The van der Waals surface area contributed by atoms with Gasteiger partial charge in [-0.05, 0) is 32.2 Å². The molecule has 0 aromatic carbocycles. The molecule has 0 spiro atoms. The summed E-state index contributed by atoms with van der Waals surface area (Å²) in [6.07, 6.45) is 8.15. The van der Waals surface area contributed by atoms with Crippen molar-refractivity contribution in [2.75, 3.05) is 6.54 Å². The molecule has 0 N–H and O–H groups in total. The molecule has 0 amide bonds. The van der Waals surface area contributed by atoms with Gasteiger partial charge in [-0.2, -0.15) is 10.1 Å². The number of rotatable bonds is 5. The van der Waals surface area contributed by atoms with Gasteiger partial charge in [-0.3, -0.25) is 9.58 Å². The summed E-state index contributed by atoms with van der Waals surface area (Å²) >= 11 is 0. The van der Waals surface area contributed by atoms with E-state index in [4.69, 9.17) is 4.52 Å². The molecule has 1 atom stereocenters. The second kappa shape index (κ2) is 4.97. The smallest absolute Gasteiger partial charge is 0.229 e. The molecule has 106 valence electrons. The lowest BCUT2D eigenvalue weighted by Gasteiger charge is -2.22. The summed E-state index contributed by atoms with van der Waals surface area (Å²) in [4.78, 5) is 10.9. The summed E-state index contributed by atoms with van der Waals surface area (Å²) in [5.41, 5.74) is 0. The molecule has 1 saturated carbocycles. The Hall–Kier alpha value is -1.76. The van der Waals surface area contributed by atoms with Gasteiger partial charge >= 0.3 is 0 Å². The first kappa shape index (κ1) is 12.0. The number of hydrogen-bond donors (Lipinski definition) is 0. The molecule has 2 aromatic rings. The second-order valence-electron chi connectivity index (χ2n) is 5.71. The van der Waals surface area contributed by atoms with Gasteiger partial charge in [-0.1, -0.05) is 5.16 Å². The minimum Gasteiger partial charge on any atom is -0.339 e. The van der Waals surface area contributed by atoms with E-state index < -0.39 is 0 Å². The molecule has 2 aromatic heterocycles. The van der Waals surface area contributed by atoms with Crippen LogP contribution in [0, 0.1) is 0 Å². The van der Waals surface area contributed by atoms with Crippen LogP contribution in [0.25, 0.3) is 0 Å². The zero-order chi connectivity index (χ0) is 13.4. The number of hydrogen-bond acceptors (Lipinski definition) is 6. The van der Waals surface area contributed by atoms with Crippen LogP contribution in [0.2, 0.25) is 0 Å². The van der Waals surface area contributed by atoms with Crippen LogP contribution in [-0.4, -0.2) is 42.4 Å². The minimum atomic E-state index is 0.486. The lowest BCUT2D eigenvalue weighted by molar-refractivity contribution is 0.211. The highest BCUT2D eigenvalue weighted by Crippen LogP contribution is 2.38. The maximum absolute atomic E-state index is 5.32. The molecule has 3 heterocycles. The molecule has 0 unspecified atom stereocenters. The third-order valence-corrected chi connectivity index (χ3v) is 4.12. The summed E-state index contributed by atoms with van der Waals surface area (Å²) in [5, 5.41) is 8.30. The van der Waals surface area contributed by atoms with Crippen molar-refractivity contribution in [3.05, 3.63) is 24.4 Å². The van der Waals surface area contributed by atoms with E-state index in [0.29, 0.717) is 12.0 Å². The number of likely N-dealkylation sites (tertiary alicyclic amines) is 1. The third-order valence-electron chi connectivity index (χ3n) is 4.12. The van der Waals surface area contributed by atoms with E-state index in [1.165, 1.54) is 25.7 Å². The fourth-order valence-electron chi connectivity index (χ4n) is 2.86. The Labute approximate surface area is 117 Å². The molecule has 2 fully saturated rings. The highest BCUT2D eigenvalue weighted by Gasteiger charge is 2.31. The summed E-state index contributed by atoms with van der Waals surface area (Å²) in [5.74, 6) is 2.17. The van der Waals surface area contributed by atoms with Crippen LogP contribution in [0.3, 0.4) is 0 Å². The van der Waals surface area contributed by atoms with Crippen LogP contribution < -0.4 is 0 Å². The van der Waals surface area contributed by atoms with Gasteiger partial charge < -0.3 is 4.52 Å². The monoisotopic (exact) mass is 274 g/mol. The number of nitrogens with zero attached hydrogens (tertiary/aromatic N) is 6. The van der Waals surface area contributed by atoms with Gasteiger partial charge in [0.05, 0.1) is 13.1 Å². The van der Waals surface area contributed by atoms with Crippen molar-refractivity contribution in [2.45, 2.75) is 50.7 Å². The third kappa shape index (κ3) is 2.45. The lowest BCUT2D eigenvalue weighted by Crippen LogP contribution is -2.33. The SMILES string of the molecule is c1ncn(C[C@@H]2CCCN2Cc2noc(C3CC3)n2)n1. The maximum atomic E-state index is 5.32. The number of aromatic nitrogens is 5. The summed E-state index contributed by atoms with van der Waals surface area (Å²) in [7, 11) is 0. The fraction of sp³-hybridized carbons (Fsp3) is 0.692. The van der Waals surface area contributed by atoms with Gasteiger partial charge in [-0.15, -0.1) is 0 Å². The Kier molecular flexibility index (Phi) is 2.99. The van der Waals surface area contributed by atoms with E-state index in [1.807, 2.05) is 4.68 Å². The van der Waals surface area contributed by atoms with Gasteiger partial charge in [0.2, 0.25) is 5.89 Å². The Morgan fingerprint density at radius 3 is 3.05 bits per heavy atom. The van der Waals surface area contributed by atoms with Crippen LogP contribution >= 0.6 is 0 Å². The van der Waals surface area contributed by atoms with Crippen molar-refractivity contribution < 1.29 is 4.52 Å². The van der Waals surface area contributed by atoms with Crippen molar-refractivity contribution in [3.63, 3.8) is 0 Å². The van der Waals surface area contributed by atoms with E-state index in [9.17, 15) is 0 Å². The molecule has 1 aliphatic heterocycles. The van der Waals surface area contributed by atoms with Gasteiger partial charge in [0.1, 0.15) is 12.7 Å². The van der Waals surface area contributed by atoms with Crippen molar-refractivity contribution >= 4 is 0 Å². The highest BCUT2D eigenvalue weighted by atomic mass is 16.5. The molecule has 4 rings (SSSR count). The fourth-order valence-corrected chi connectivity index (χ4v) is 2.86. The van der Waals surface area contributed by atoms with Crippen LogP contribution in [0.5, 0.6) is 0 Å². The molecule has 0 bridgehead atoms.